The van der Waals surface area contributed by atoms with Crippen LogP contribution in [-0.4, -0.2) is 36.8 Å². The van der Waals surface area contributed by atoms with Crippen molar-refractivity contribution in [2.24, 2.45) is 0 Å². The molecule has 0 bridgehead atoms. The number of pyridine rings is 1. The average molecular weight is 499 g/mol. The summed E-state index contributed by atoms with van der Waals surface area (Å²) in [5.41, 5.74) is 3.08. The predicted octanol–water partition coefficient (Wildman–Crippen LogP) is 7.88. The smallest absolute Gasteiger partial charge is 0.322 e. The van der Waals surface area contributed by atoms with E-state index >= 15 is 0 Å². The van der Waals surface area contributed by atoms with Gasteiger partial charge in [-0.15, -0.1) is 0 Å². The molecule has 0 radical (unpaired) electrons. The Morgan fingerprint density at radius 2 is 1.50 bits per heavy atom. The summed E-state index contributed by atoms with van der Waals surface area (Å²) in [5.74, 6) is 0.593. The Kier molecular flexibility index (Phi) is 20.2. The maximum absolute atomic E-state index is 10.8. The third kappa shape index (κ3) is 11.4. The number of methoxy groups -OCH3 is 1. The Hall–Kier alpha value is -3.38. The van der Waals surface area contributed by atoms with E-state index in [2.05, 4.69) is 16.6 Å². The third-order valence-electron chi connectivity index (χ3n) is 4.36. The molecule has 0 amide bonds. The van der Waals surface area contributed by atoms with Crippen molar-refractivity contribution in [1.82, 2.24) is 10.3 Å². The molecule has 3 aromatic rings. The molecule has 0 fully saturated rings. The molecule has 1 aromatic heterocycles. The van der Waals surface area contributed by atoms with Crippen molar-refractivity contribution < 1.29 is 19.4 Å². The molecule has 0 saturated carbocycles. The van der Waals surface area contributed by atoms with Gasteiger partial charge in [0, 0.05) is 25.3 Å². The molecule has 36 heavy (non-hydrogen) atoms. The van der Waals surface area contributed by atoms with Crippen molar-refractivity contribution in [3.63, 3.8) is 0 Å². The highest BCUT2D eigenvalue weighted by Crippen LogP contribution is 2.31. The highest BCUT2D eigenvalue weighted by Gasteiger charge is 2.14. The number of hydrogen-bond donors (Lipinski definition) is 2. The molecule has 0 aliphatic heterocycles. The number of carboxylic acids is 1. The topological polar surface area (TPSA) is 80.7 Å². The number of aliphatic carboxylic acids is 1. The summed E-state index contributed by atoms with van der Waals surface area (Å²) in [6, 6.07) is 15.6. The minimum Gasteiger partial charge on any atom is -0.480 e. The number of hydrogen-bond acceptors (Lipinski definition) is 5. The van der Waals surface area contributed by atoms with Gasteiger partial charge >= 0.3 is 5.97 Å². The van der Waals surface area contributed by atoms with Crippen molar-refractivity contribution >= 4 is 22.4 Å². The highest BCUT2D eigenvalue weighted by molar-refractivity contribution is 5.91. The molecule has 2 N–H and O–H groups in total. The second-order valence-corrected chi connectivity index (χ2v) is 6.64. The Bertz CT molecular complexity index is 1020. The number of nitrogens with zero attached hydrogens (tertiary/aromatic N) is 1. The monoisotopic (exact) mass is 498 g/mol. The molecule has 0 saturated heterocycles. The molecule has 0 aliphatic rings. The fourth-order valence-electron chi connectivity index (χ4n) is 3.01. The number of aryl methyl sites for hydroxylation is 2. The second-order valence-electron chi connectivity index (χ2n) is 6.64. The number of para-hydroxylation sites is 1. The zero-order valence-corrected chi connectivity index (χ0v) is 23.9. The van der Waals surface area contributed by atoms with Gasteiger partial charge in [-0.05, 0) is 48.6 Å². The van der Waals surface area contributed by atoms with Crippen LogP contribution in [-0.2, 0) is 16.0 Å². The highest BCUT2D eigenvalue weighted by atomic mass is 16.5. The van der Waals surface area contributed by atoms with Crippen LogP contribution < -0.4 is 10.1 Å². The van der Waals surface area contributed by atoms with Gasteiger partial charge in [-0.3, -0.25) is 9.78 Å². The summed E-state index contributed by atoms with van der Waals surface area (Å²) in [5, 5.41) is 13.8. The lowest BCUT2D eigenvalue weighted by molar-refractivity contribution is -0.135. The third-order valence-corrected chi connectivity index (χ3v) is 4.36. The predicted molar refractivity (Wildman–Crippen MR) is 154 cm³/mol. The summed E-state index contributed by atoms with van der Waals surface area (Å²) in [7, 11) is 3.25. The summed E-state index contributed by atoms with van der Waals surface area (Å²) in [4.78, 5) is 15.5. The average Bonchev–Trinajstić information content (AvgIpc) is 2.92. The number of aromatic nitrogens is 1. The minimum atomic E-state index is -0.937. The van der Waals surface area contributed by atoms with E-state index in [4.69, 9.17) is 14.8 Å². The van der Waals surface area contributed by atoms with Gasteiger partial charge in [0.2, 0.25) is 0 Å². The first-order valence-electron chi connectivity index (χ1n) is 12.6. The number of carboxylic acid groups (broad SMARTS) is 1. The Labute approximate surface area is 218 Å². The van der Waals surface area contributed by atoms with E-state index in [1.807, 2.05) is 104 Å². The molecule has 200 valence electrons. The standard InChI is InChI=1S/C22H22N2O3.C2H6O.3C2H6/c1-4-20-19-12-17(27-16-8-6-5-7-9-16)10-11-18(19)14(2)22(24-20)15(3)23-13-21(25)26;1-3-2;3*1-2/h5-12,23H,3-4,13H2,1-2H3,(H,25,26);1-2H3;3*1-2H3. The minimum absolute atomic E-state index is 0.191. The number of carbonyl (C=O) groups is 1. The number of benzene rings is 2. The first-order valence-corrected chi connectivity index (χ1v) is 12.6. The summed E-state index contributed by atoms with van der Waals surface area (Å²) < 4.78 is 10.2. The van der Waals surface area contributed by atoms with Gasteiger partial charge in [-0.1, -0.05) is 79.3 Å². The van der Waals surface area contributed by atoms with Gasteiger partial charge in [0.25, 0.3) is 0 Å². The van der Waals surface area contributed by atoms with E-state index in [9.17, 15) is 4.79 Å². The van der Waals surface area contributed by atoms with Crippen molar-refractivity contribution in [2.45, 2.75) is 61.8 Å². The molecule has 0 spiro atoms. The van der Waals surface area contributed by atoms with Gasteiger partial charge in [0.1, 0.15) is 18.0 Å². The molecular formula is C30H46N2O4. The van der Waals surface area contributed by atoms with Crippen LogP contribution in [0.25, 0.3) is 16.5 Å². The molecule has 1 heterocycles. The Morgan fingerprint density at radius 1 is 0.944 bits per heavy atom. The van der Waals surface area contributed by atoms with Gasteiger partial charge in [-0.2, -0.15) is 0 Å². The number of ether oxygens (including phenoxy) is 2. The number of nitrogens with one attached hydrogen (secondary N) is 1. The van der Waals surface area contributed by atoms with Crippen LogP contribution in [0.1, 0.15) is 65.4 Å². The van der Waals surface area contributed by atoms with E-state index in [0.29, 0.717) is 11.4 Å². The summed E-state index contributed by atoms with van der Waals surface area (Å²) in [6.07, 6.45) is 0.741. The lowest BCUT2D eigenvalue weighted by Crippen LogP contribution is -2.21. The van der Waals surface area contributed by atoms with E-state index in [1.165, 1.54) is 0 Å². The van der Waals surface area contributed by atoms with Crippen LogP contribution in [0.15, 0.2) is 55.1 Å². The van der Waals surface area contributed by atoms with Crippen LogP contribution in [0.5, 0.6) is 11.5 Å². The lowest BCUT2D eigenvalue weighted by atomic mass is 10.00. The zero-order valence-electron chi connectivity index (χ0n) is 23.9. The van der Waals surface area contributed by atoms with Crippen LogP contribution >= 0.6 is 0 Å². The van der Waals surface area contributed by atoms with E-state index < -0.39 is 5.97 Å². The van der Waals surface area contributed by atoms with Crippen LogP contribution in [0.2, 0.25) is 0 Å². The van der Waals surface area contributed by atoms with Crippen molar-refractivity contribution in [2.75, 3.05) is 20.8 Å². The first-order chi connectivity index (χ1) is 17.4. The number of fused-ring (bicyclic) bond motifs is 1. The molecule has 2 aromatic carbocycles. The molecular weight excluding hydrogens is 452 g/mol. The zero-order chi connectivity index (χ0) is 28.1. The Balaban J connectivity index is 0. The normalized spacial score (nSPS) is 8.94. The van der Waals surface area contributed by atoms with Crippen LogP contribution in [0.3, 0.4) is 0 Å². The summed E-state index contributed by atoms with van der Waals surface area (Å²) >= 11 is 0. The fraction of sp³-hybridized carbons (Fsp3) is 0.400. The molecule has 3 rings (SSSR count). The first kappa shape index (κ1) is 34.8. The van der Waals surface area contributed by atoms with E-state index in [0.717, 1.165) is 39.9 Å². The molecule has 0 atom stereocenters. The van der Waals surface area contributed by atoms with Gasteiger partial charge in [0.05, 0.1) is 11.4 Å². The maximum Gasteiger partial charge on any atom is 0.322 e. The largest absolute Gasteiger partial charge is 0.480 e. The van der Waals surface area contributed by atoms with Crippen molar-refractivity contribution in [3.05, 3.63) is 72.1 Å². The van der Waals surface area contributed by atoms with Crippen LogP contribution in [0.4, 0.5) is 0 Å². The Morgan fingerprint density at radius 3 is 2.00 bits per heavy atom. The fourth-order valence-corrected chi connectivity index (χ4v) is 3.01. The lowest BCUT2D eigenvalue weighted by Gasteiger charge is -2.16. The van der Waals surface area contributed by atoms with Gasteiger partial charge in [0.15, 0.2) is 0 Å². The molecule has 6 nitrogen and oxygen atoms in total. The quantitative estimate of drug-likeness (QED) is 0.345. The van der Waals surface area contributed by atoms with E-state index in [-0.39, 0.29) is 6.54 Å². The van der Waals surface area contributed by atoms with Crippen molar-refractivity contribution in [1.29, 1.82) is 0 Å². The van der Waals surface area contributed by atoms with E-state index in [1.54, 1.807) is 14.2 Å². The van der Waals surface area contributed by atoms with Gasteiger partial charge < -0.3 is 19.9 Å². The molecule has 6 heteroatoms. The second kappa shape index (κ2) is 20.9. The SMILES string of the molecule is C=C(NCC(=O)O)c1nc(CC)c2cc(Oc3ccccc3)ccc2c1C.CC.CC.CC.COC. The number of rotatable bonds is 7. The van der Waals surface area contributed by atoms with Crippen LogP contribution in [0, 0.1) is 6.92 Å². The summed E-state index contributed by atoms with van der Waals surface area (Å²) in [6.45, 7) is 19.8. The van der Waals surface area contributed by atoms with Crippen molar-refractivity contribution in [3.8, 4) is 11.5 Å². The molecule has 0 unspecified atom stereocenters. The molecule has 0 aliphatic carbocycles. The van der Waals surface area contributed by atoms with Gasteiger partial charge in [-0.25, -0.2) is 0 Å². The maximum atomic E-state index is 10.8.